The SMILES string of the molecule is CC1=C(C)c2cc3[nH]c(cc4[nH]c(c(C)c4C)c(-c4ccc(C56CCC(C7=CC(=O)C=CC7=O)(CC5)CC6)cc4)c4nc(cc1n2)C(C)=C4C)c(C)c3C. The number of ketones is 2. The average Bonchev–Trinajstić information content (AvgIpc) is 3.81. The molecule has 3 fully saturated rings. The zero-order valence-electron chi connectivity index (χ0n) is 32.7. The lowest BCUT2D eigenvalue weighted by Gasteiger charge is -2.54. The summed E-state index contributed by atoms with van der Waals surface area (Å²) in [6.45, 7) is 17.5. The van der Waals surface area contributed by atoms with Crippen LogP contribution in [-0.4, -0.2) is 31.5 Å². The molecule has 4 aromatic rings. The Morgan fingerprint density at radius 3 is 1.76 bits per heavy atom. The van der Waals surface area contributed by atoms with Crippen LogP contribution in [0.2, 0.25) is 0 Å². The molecule has 2 N–H and O–H groups in total. The molecule has 2 aliphatic heterocycles. The molecule has 0 amide bonds. The Morgan fingerprint density at radius 2 is 1.09 bits per heavy atom. The molecule has 5 heterocycles. The van der Waals surface area contributed by atoms with Crippen molar-refractivity contribution < 1.29 is 9.59 Å². The number of carbonyl (C=O) groups excluding carboxylic acids is 2. The lowest BCUT2D eigenvalue weighted by molar-refractivity contribution is -0.116. The largest absolute Gasteiger partial charge is 0.355 e. The number of aryl methyl sites for hydroxylation is 4. The maximum absolute atomic E-state index is 12.9. The number of fused-ring (bicyclic) bond motifs is 11. The van der Waals surface area contributed by atoms with Gasteiger partial charge in [0.1, 0.15) is 0 Å². The number of H-pyrrole nitrogens is 2. The van der Waals surface area contributed by atoms with Gasteiger partial charge in [-0.3, -0.25) is 9.59 Å². The van der Waals surface area contributed by atoms with Crippen LogP contribution >= 0.6 is 0 Å². The predicted octanol–water partition coefficient (Wildman–Crippen LogP) is 11.3. The van der Waals surface area contributed by atoms with Gasteiger partial charge < -0.3 is 9.97 Å². The molecule has 10 bridgehead atoms. The van der Waals surface area contributed by atoms with Crippen molar-refractivity contribution in [1.82, 2.24) is 19.9 Å². The molecule has 6 heteroatoms. The van der Waals surface area contributed by atoms with Gasteiger partial charge in [-0.25, -0.2) is 9.97 Å². The number of carbonyl (C=O) groups is 2. The second-order valence-corrected chi connectivity index (χ2v) is 16.7. The normalized spacial score (nSPS) is 22.5. The standard InChI is InChI=1S/C48H48N4O2/c1-25-27(3)39-23-41-29(5)31(7)45(51-41)44(46-32(8)30(6)42(52-46)24-40-28(4)26(2)38(50-40)22-37(25)49-39)33-9-11-34(12-10-33)47-15-18-48(19-16-47,20-17-47)36-21-35(53)13-14-43(36)54/h9-14,21-24,49,51H,15-20H2,1-8H3. The highest BCUT2D eigenvalue weighted by Gasteiger charge is 2.52. The Bertz CT molecular complexity index is 2650. The Morgan fingerprint density at radius 1 is 0.556 bits per heavy atom. The number of aromatic nitrogens is 4. The maximum atomic E-state index is 12.9. The fourth-order valence-electron chi connectivity index (χ4n) is 9.88. The summed E-state index contributed by atoms with van der Waals surface area (Å²) >= 11 is 0. The summed E-state index contributed by atoms with van der Waals surface area (Å²) in [5.74, 6) is -0.0418. The molecule has 272 valence electrons. The second-order valence-electron chi connectivity index (χ2n) is 16.7. The lowest BCUT2D eigenvalue weighted by atomic mass is 9.49. The molecule has 0 spiro atoms. The molecule has 6 nitrogen and oxygen atoms in total. The number of benzene rings is 1. The molecule has 4 aliphatic carbocycles. The minimum atomic E-state index is -0.169. The zero-order valence-corrected chi connectivity index (χ0v) is 32.7. The van der Waals surface area contributed by atoms with Crippen LogP contribution in [0.25, 0.3) is 55.5 Å². The van der Waals surface area contributed by atoms with Crippen molar-refractivity contribution in [2.75, 3.05) is 0 Å². The molecule has 0 atom stereocenters. The van der Waals surface area contributed by atoms with Gasteiger partial charge in [-0.2, -0.15) is 0 Å². The first-order chi connectivity index (χ1) is 25.8. The van der Waals surface area contributed by atoms with Crippen LogP contribution in [0.3, 0.4) is 0 Å². The molecule has 3 saturated carbocycles. The first-order valence-electron chi connectivity index (χ1n) is 19.5. The summed E-state index contributed by atoms with van der Waals surface area (Å²) in [7, 11) is 0. The number of hydrogen-bond donors (Lipinski definition) is 2. The third-order valence-electron chi connectivity index (χ3n) is 14.2. The van der Waals surface area contributed by atoms with Crippen LogP contribution in [0, 0.1) is 33.1 Å². The van der Waals surface area contributed by atoms with E-state index < -0.39 is 0 Å². The van der Waals surface area contributed by atoms with Crippen LogP contribution in [0.4, 0.5) is 0 Å². The van der Waals surface area contributed by atoms with Gasteiger partial charge in [-0.1, -0.05) is 24.3 Å². The quantitative estimate of drug-likeness (QED) is 0.207. The minimum absolute atomic E-state index is 0.0186. The topological polar surface area (TPSA) is 91.5 Å². The Kier molecular flexibility index (Phi) is 7.69. The molecule has 1 aromatic carbocycles. The molecule has 0 unspecified atom stereocenters. The van der Waals surface area contributed by atoms with Crippen LogP contribution in [0.15, 0.2) is 66.3 Å². The van der Waals surface area contributed by atoms with Gasteiger partial charge in [-0.15, -0.1) is 0 Å². The smallest absolute Gasteiger partial charge is 0.182 e. The van der Waals surface area contributed by atoms with Gasteiger partial charge in [-0.05, 0) is 197 Å². The van der Waals surface area contributed by atoms with Gasteiger partial charge in [0.05, 0.1) is 28.3 Å². The number of rotatable bonds is 3. The highest BCUT2D eigenvalue weighted by molar-refractivity contribution is 6.18. The fourth-order valence-corrected chi connectivity index (χ4v) is 9.88. The first-order valence-corrected chi connectivity index (χ1v) is 19.5. The van der Waals surface area contributed by atoms with E-state index in [9.17, 15) is 9.59 Å². The van der Waals surface area contributed by atoms with Gasteiger partial charge in [0.15, 0.2) is 11.6 Å². The van der Waals surface area contributed by atoms with Crippen LogP contribution in [0.1, 0.15) is 117 Å². The summed E-state index contributed by atoms with van der Waals surface area (Å²) in [5.41, 5.74) is 22.1. The summed E-state index contributed by atoms with van der Waals surface area (Å²) in [5, 5.41) is 0. The van der Waals surface area contributed by atoms with Crippen molar-refractivity contribution in [1.29, 1.82) is 0 Å². The molecule has 6 aliphatic rings. The Labute approximate surface area is 317 Å². The van der Waals surface area contributed by atoms with E-state index in [-0.39, 0.29) is 22.4 Å². The monoisotopic (exact) mass is 712 g/mol. The number of aromatic amines is 2. The van der Waals surface area contributed by atoms with E-state index in [1.165, 1.54) is 56.7 Å². The van der Waals surface area contributed by atoms with Crippen molar-refractivity contribution in [2.45, 2.75) is 99.3 Å². The van der Waals surface area contributed by atoms with Gasteiger partial charge >= 0.3 is 0 Å². The highest BCUT2D eigenvalue weighted by Crippen LogP contribution is 2.61. The van der Waals surface area contributed by atoms with E-state index in [1.54, 1.807) is 6.08 Å². The molecular formula is C48H48N4O2. The van der Waals surface area contributed by atoms with Gasteiger partial charge in [0, 0.05) is 27.7 Å². The minimum Gasteiger partial charge on any atom is -0.355 e. The summed E-state index contributed by atoms with van der Waals surface area (Å²) in [4.78, 5) is 43.3. The van der Waals surface area contributed by atoms with E-state index in [0.29, 0.717) is 0 Å². The predicted molar refractivity (Wildman–Crippen MR) is 221 cm³/mol. The fraction of sp³-hybridized carbons (Fsp3) is 0.333. The van der Waals surface area contributed by atoms with E-state index in [1.807, 2.05) is 0 Å². The highest BCUT2D eigenvalue weighted by atomic mass is 16.1. The van der Waals surface area contributed by atoms with E-state index in [4.69, 9.17) is 9.97 Å². The molecular weight excluding hydrogens is 665 g/mol. The van der Waals surface area contributed by atoms with Crippen LogP contribution in [-0.2, 0) is 15.0 Å². The first kappa shape index (κ1) is 34.4. The van der Waals surface area contributed by atoms with Crippen molar-refractivity contribution in [3.63, 3.8) is 0 Å². The van der Waals surface area contributed by atoms with Crippen LogP contribution in [0.5, 0.6) is 0 Å². The second kappa shape index (κ2) is 12.1. The Hall–Kier alpha value is -5.36. The lowest BCUT2D eigenvalue weighted by Crippen LogP contribution is -2.46. The third kappa shape index (κ3) is 5.05. The number of nitrogens with one attached hydrogen (secondary N) is 2. The molecule has 54 heavy (non-hydrogen) atoms. The molecule has 3 aromatic heterocycles. The van der Waals surface area contributed by atoms with Crippen molar-refractivity contribution in [3.05, 3.63) is 117 Å². The van der Waals surface area contributed by atoms with Crippen LogP contribution < -0.4 is 0 Å². The number of allylic oxidation sites excluding steroid dienone is 8. The average molecular weight is 713 g/mol. The number of hydrogen-bond acceptors (Lipinski definition) is 4. The van der Waals surface area contributed by atoms with Gasteiger partial charge in [0.2, 0.25) is 0 Å². The van der Waals surface area contributed by atoms with Crippen molar-refractivity contribution in [2.24, 2.45) is 5.41 Å². The summed E-state index contributed by atoms with van der Waals surface area (Å²) < 4.78 is 0. The summed E-state index contributed by atoms with van der Waals surface area (Å²) in [6.07, 6.45) is 10.4. The van der Waals surface area contributed by atoms with Crippen molar-refractivity contribution >= 4 is 55.9 Å². The van der Waals surface area contributed by atoms with E-state index >= 15 is 0 Å². The molecule has 10 rings (SSSR count). The number of nitrogens with zero attached hydrogens (tertiary/aromatic N) is 2. The summed E-state index contributed by atoms with van der Waals surface area (Å²) in [6, 6.07) is 15.9. The maximum Gasteiger partial charge on any atom is 0.182 e. The van der Waals surface area contributed by atoms with Gasteiger partial charge in [0.25, 0.3) is 0 Å². The van der Waals surface area contributed by atoms with E-state index in [0.717, 1.165) is 106 Å². The zero-order chi connectivity index (χ0) is 37.8. The molecule has 0 radical (unpaired) electrons. The molecule has 0 saturated heterocycles. The van der Waals surface area contributed by atoms with E-state index in [2.05, 4.69) is 108 Å². The third-order valence-corrected chi connectivity index (χ3v) is 14.2. The Balaban J connectivity index is 1.22. The van der Waals surface area contributed by atoms with Crippen molar-refractivity contribution in [3.8, 4) is 11.1 Å².